The summed E-state index contributed by atoms with van der Waals surface area (Å²) in [4.78, 5) is 123. The van der Waals surface area contributed by atoms with E-state index in [4.69, 9.17) is 89.6 Å². The number of methoxy groups -OCH3 is 2. The number of carbonyl (C=O) groups excluding carboxylic acids is 5. The van der Waals surface area contributed by atoms with E-state index in [1.165, 1.54) is 55.8 Å². The fourth-order valence-electron chi connectivity index (χ4n) is 15.2. The van der Waals surface area contributed by atoms with E-state index in [0.29, 0.717) is 26.9 Å². The van der Waals surface area contributed by atoms with Gasteiger partial charge >= 0.3 is 90.6 Å². The van der Waals surface area contributed by atoms with Gasteiger partial charge in [-0.3, -0.25) is 47.9 Å². The van der Waals surface area contributed by atoms with Gasteiger partial charge in [-0.1, -0.05) is 242 Å². The fraction of sp³-hybridized carbons (Fsp3) is 0.897. The molecule has 0 amide bonds. The smallest absolute Gasteiger partial charge is 0.481 e. The van der Waals surface area contributed by atoms with Crippen LogP contribution >= 0.6 is 0 Å². The highest BCUT2D eigenvalue weighted by molar-refractivity contribution is 5.78. The van der Waals surface area contributed by atoms with Crippen LogP contribution in [-0.4, -0.2) is 161 Å². The molecular weight excluding hydrogens is 1900 g/mol. The third kappa shape index (κ3) is 58.0. The first-order valence-electron chi connectivity index (χ1n) is 59.0. The predicted octanol–water partition coefficient (Wildman–Crippen LogP) is 30.8. The Balaban J connectivity index is -0.000000286. The predicted molar refractivity (Wildman–Crippen MR) is 534 cm³/mol. The molecule has 852 valence electrons. The van der Waals surface area contributed by atoms with Gasteiger partial charge in [0.25, 0.3) is 0 Å². The Morgan fingerprint density at radius 2 is 0.853 bits per heavy atom. The maximum Gasteiger partial charge on any atom is 0.511 e. The molecule has 24 nitrogen and oxygen atoms in total. The van der Waals surface area contributed by atoms with Crippen LogP contribution < -0.4 is 0 Å². The Hall–Kier alpha value is -6.91. The monoisotopic (exact) mass is 2120 g/mol. The number of alkyl halides is 12. The molecule has 2 saturated carbocycles. The summed E-state index contributed by atoms with van der Waals surface area (Å²) in [6.07, 6.45) is -32.8. The molecule has 0 bridgehead atoms. The van der Waals surface area contributed by atoms with Crippen molar-refractivity contribution in [2.24, 2.45) is 132 Å². The number of carboxylic acid groups (broad SMARTS) is 6. The van der Waals surface area contributed by atoms with Crippen LogP contribution in [0.25, 0.3) is 0 Å². The zero-order chi connectivity index (χ0) is 140. The SMILES string of the molecule is CC(=O)OCC(C)(C)C.CC(C)(C)C(C)(C(F)(F)F)C(C)(C(=O)O)C(F)(F)F.CC(C)(C)C1CC(C(=O)O)C1(C)C(F)(F)F.CC(C)OC(=O)OC(C)OC(=O)C(C)(C)CC(C)(C)C.COC(=O)CC1C(C(C)(C)C)C1(C)C(F)(F)F.COCOC(=O)C(C)(C)CC(C)(C)C.[2H]C([2H])(CC(C)(C)C)C([2H])([2H])C(=O)O.[2H]C([2H])([2H])C(C)(C(=O)O)C(CC(C)(C)C)(C([2H])([2H])[2H])C([2H])([2H])[2H].[2H]C([2H])([2H])C(C)(C(=O)O)C([2H])([2H])CC(C)(C)C.[2H]C([2H])([2H])C(CC(C)(C)C)(C([2H])([2H])[2H])C([2H])([2H])C(=O)O. The number of carboxylic acids is 6. The molecule has 2 fully saturated rings. The molecule has 2 aliphatic rings. The molecule has 0 radical (unpaired) electrons. The van der Waals surface area contributed by atoms with Gasteiger partial charge in [-0.15, -0.1) is 0 Å². The third-order valence-corrected chi connectivity index (χ3v) is 22.1. The van der Waals surface area contributed by atoms with Crippen LogP contribution in [0.15, 0.2) is 0 Å². The molecule has 0 aromatic rings. The molecule has 11 atom stereocenters. The lowest BCUT2D eigenvalue weighted by molar-refractivity contribution is -0.350. The summed E-state index contributed by atoms with van der Waals surface area (Å²) in [5.41, 5.74) is -29.2. The van der Waals surface area contributed by atoms with Crippen molar-refractivity contribution in [3.63, 3.8) is 0 Å². The number of carbonyl (C=O) groups is 11. The normalized spacial score (nSPS) is 23.3. The van der Waals surface area contributed by atoms with Gasteiger partial charge < -0.3 is 63.8 Å². The van der Waals surface area contributed by atoms with Crippen molar-refractivity contribution in [3.8, 4) is 0 Å². The molecule has 2 aliphatic carbocycles. The number of halogens is 12. The van der Waals surface area contributed by atoms with Gasteiger partial charge in [-0.05, 0) is 230 Å². The Labute approximate surface area is 887 Å². The lowest BCUT2D eigenvalue weighted by Gasteiger charge is -2.57. The van der Waals surface area contributed by atoms with Gasteiger partial charge in [0.15, 0.2) is 12.2 Å². The maximum absolute atomic E-state index is 13.2. The summed E-state index contributed by atoms with van der Waals surface area (Å²) in [6, 6.07) is 0. The zero-order valence-corrected chi connectivity index (χ0v) is 93.6. The number of aliphatic carboxylic acids is 6. The Morgan fingerprint density at radius 1 is 0.441 bits per heavy atom. The van der Waals surface area contributed by atoms with Gasteiger partial charge in [0.05, 0.1) is 70.0 Å². The zero-order valence-electron chi connectivity index (χ0n) is 120. The van der Waals surface area contributed by atoms with E-state index in [1.807, 2.05) is 48.5 Å². The number of esters is 4. The Morgan fingerprint density at radius 3 is 1.09 bits per heavy atom. The Kier molecular flexibility index (Phi) is 40.6. The molecular formula is C107H196F12O24. The highest BCUT2D eigenvalue weighted by Gasteiger charge is 2.80. The molecule has 143 heavy (non-hydrogen) atoms. The molecule has 11 unspecified atom stereocenters. The number of hydrogen-bond acceptors (Lipinski definition) is 18. The minimum atomic E-state index is -5.55. The van der Waals surface area contributed by atoms with Gasteiger partial charge in [0, 0.05) is 69.4 Å². The topological polar surface area (TPSA) is 374 Å². The van der Waals surface area contributed by atoms with E-state index in [2.05, 4.69) is 46.3 Å². The number of hydrogen-bond donors (Lipinski definition) is 6. The van der Waals surface area contributed by atoms with Crippen molar-refractivity contribution < 1.29 is 205 Å². The van der Waals surface area contributed by atoms with E-state index < -0.39 is 280 Å². The van der Waals surface area contributed by atoms with Gasteiger partial charge in [-0.25, -0.2) is 4.79 Å². The minimum Gasteiger partial charge on any atom is -0.481 e. The van der Waals surface area contributed by atoms with Gasteiger partial charge in [0.2, 0.25) is 6.29 Å². The lowest BCUT2D eigenvalue weighted by Crippen LogP contribution is -2.65. The summed E-state index contributed by atoms with van der Waals surface area (Å²) < 4.78 is 387. The number of rotatable bonds is 27. The first-order chi connectivity index (χ1) is 72.4. The summed E-state index contributed by atoms with van der Waals surface area (Å²) >= 11 is 0. The molecule has 0 spiro atoms. The first-order valence-corrected chi connectivity index (χ1v) is 46.0. The third-order valence-electron chi connectivity index (χ3n) is 22.1. The molecule has 0 heterocycles. The molecule has 36 heteroatoms. The van der Waals surface area contributed by atoms with E-state index >= 15 is 0 Å². The summed E-state index contributed by atoms with van der Waals surface area (Å²) in [6.45, 7) is 50.7. The molecule has 0 saturated heterocycles. The van der Waals surface area contributed by atoms with Crippen molar-refractivity contribution >= 4 is 65.8 Å². The second kappa shape index (κ2) is 55.6. The van der Waals surface area contributed by atoms with Crippen molar-refractivity contribution in [1.82, 2.24) is 0 Å². The average molecular weight is 2120 g/mol. The van der Waals surface area contributed by atoms with E-state index in [1.54, 1.807) is 118 Å². The van der Waals surface area contributed by atoms with E-state index in [-0.39, 0.29) is 73.7 Å². The molecule has 2 rings (SSSR count). The summed E-state index contributed by atoms with van der Waals surface area (Å²) in [7, 11) is 2.70. The van der Waals surface area contributed by atoms with Crippen molar-refractivity contribution in [3.05, 3.63) is 0 Å². The standard InChI is InChI=1S/C15H28O5.C12H19F3O2.C12H24O2.C11H16F6O2.C11H17F3O2.C11H22O3.2C10H20O2.C8H16O2.C7H14O2/c1-10(2)18-13(17)20-11(3)19-12(16)15(7,8)9-14(4,5)6;1-10(2,3)9-7(6-8(16)17-5)11(9,4)12(13,14)15;1-10(2,3)8-11(4,5)12(6,7)9(13)14;1-7(2,3)9(5,11(15,16)17)8(4,6(18)19)10(12,13)14;1-9(2,3)7-5-6(8(15)16)10(7,4)11(12,13)14;1-10(2,3)7-11(4,5)9(12)14-8-13-6;1-9(2,3)7-10(4,5)6-8(11)12;1-9(2,3)6-7-10(4,5)8(11)12;1-8(2,3)6-4-5-7(9)10;1-6(8)9-5-7(2,3)4/h10-11H,9H2,1-8H3;7,9H,6H2,1-5H3;8H2,1-7H3,(H,13,14);1-5H3,(H,18,19);6-7H,5H2,1-4H3,(H,15,16);7-8H2,1-6H3;2*6-7H2,1-5H3,(H,11,12);4-6H2,1-3H3,(H,9,10);5H2,1-4H3/i;;4D3,5D3,6D3;;;;4D3,5D3,6D2;4D3,7D2;4D2,5D2;. The van der Waals surface area contributed by atoms with Crippen LogP contribution in [0, 0.1) is 132 Å². The van der Waals surface area contributed by atoms with Crippen LogP contribution in [-0.2, 0) is 81.1 Å². The van der Waals surface area contributed by atoms with E-state index in [0.717, 1.165) is 41.0 Å². The maximum atomic E-state index is 13.2. The largest absolute Gasteiger partial charge is 0.511 e. The Bertz CT molecular complexity index is 4980. The average Bonchev–Trinajstić information content (AvgIpc) is 1.66. The van der Waals surface area contributed by atoms with E-state index in [9.17, 15) is 111 Å². The van der Waals surface area contributed by atoms with Crippen LogP contribution in [0.5, 0.6) is 0 Å². The molecule has 6 N–H and O–H groups in total. The quantitative estimate of drug-likeness (QED) is 0.0192. The van der Waals surface area contributed by atoms with Crippen molar-refractivity contribution in [2.75, 3.05) is 27.6 Å². The summed E-state index contributed by atoms with van der Waals surface area (Å²) in [5, 5.41) is 53.9. The van der Waals surface area contributed by atoms with Crippen LogP contribution in [0.1, 0.15) is 458 Å². The highest BCUT2D eigenvalue weighted by atomic mass is 19.4. The number of ether oxygens (including phenoxy) is 7. The second-order valence-electron chi connectivity index (χ2n) is 50.4. The van der Waals surface area contributed by atoms with Crippen LogP contribution in [0.4, 0.5) is 57.5 Å². The fourth-order valence-corrected chi connectivity index (χ4v) is 15.2. The minimum absolute atomic E-state index is 0.00316. The molecule has 0 aromatic carbocycles. The summed E-state index contributed by atoms with van der Waals surface area (Å²) in [5.74, 6) is -15.9. The highest BCUT2D eigenvalue weighted by Crippen LogP contribution is 2.74. The van der Waals surface area contributed by atoms with Gasteiger partial charge in [-0.2, -0.15) is 52.7 Å². The van der Waals surface area contributed by atoms with Gasteiger partial charge in [0.1, 0.15) is 0 Å². The lowest BCUT2D eigenvalue weighted by atomic mass is 9.46. The van der Waals surface area contributed by atoms with Crippen molar-refractivity contribution in [1.29, 1.82) is 0 Å². The van der Waals surface area contributed by atoms with Crippen molar-refractivity contribution in [2.45, 2.75) is 460 Å². The first kappa shape index (κ1) is 105. The van der Waals surface area contributed by atoms with Crippen LogP contribution in [0.3, 0.4) is 0 Å². The molecule has 0 aromatic heterocycles. The van der Waals surface area contributed by atoms with Crippen LogP contribution in [0.2, 0.25) is 0 Å². The second-order valence-corrected chi connectivity index (χ2v) is 50.4. The molecule has 0 aliphatic heterocycles.